The second-order valence-corrected chi connectivity index (χ2v) is 5.62. The molecule has 1 aromatic heterocycles. The van der Waals surface area contributed by atoms with E-state index in [1.54, 1.807) is 25.4 Å². The number of aromatic nitrogens is 1. The maximum atomic E-state index is 12.2. The minimum absolute atomic E-state index is 0.139. The molecule has 2 atom stereocenters. The molecular formula is C17H19ClN2O2. The summed E-state index contributed by atoms with van der Waals surface area (Å²) in [6, 6.07) is 9.09. The molecule has 0 aliphatic carbocycles. The lowest BCUT2D eigenvalue weighted by atomic mass is 10.1. The van der Waals surface area contributed by atoms with Crippen molar-refractivity contribution in [2.45, 2.75) is 32.9 Å². The lowest BCUT2D eigenvalue weighted by molar-refractivity contribution is -0.127. The van der Waals surface area contributed by atoms with Gasteiger partial charge in [0.1, 0.15) is 5.75 Å². The molecule has 0 fully saturated rings. The van der Waals surface area contributed by atoms with Crippen molar-refractivity contribution in [3.8, 4) is 5.75 Å². The van der Waals surface area contributed by atoms with Crippen molar-refractivity contribution < 1.29 is 9.53 Å². The first kappa shape index (κ1) is 16.3. The van der Waals surface area contributed by atoms with Crippen molar-refractivity contribution in [3.63, 3.8) is 0 Å². The summed E-state index contributed by atoms with van der Waals surface area (Å²) in [5.41, 5.74) is 1.97. The minimum atomic E-state index is -0.640. The van der Waals surface area contributed by atoms with E-state index in [-0.39, 0.29) is 11.9 Å². The molecule has 0 saturated carbocycles. The first-order chi connectivity index (χ1) is 10.5. The molecule has 1 aromatic carbocycles. The molecule has 0 aliphatic rings. The Hall–Kier alpha value is -2.07. The first-order valence-corrected chi connectivity index (χ1v) is 7.48. The van der Waals surface area contributed by atoms with E-state index in [1.807, 2.05) is 38.1 Å². The summed E-state index contributed by atoms with van der Waals surface area (Å²) in [6.45, 7) is 5.55. The van der Waals surface area contributed by atoms with Crippen molar-refractivity contribution >= 4 is 17.5 Å². The zero-order chi connectivity index (χ0) is 16.1. The molecule has 22 heavy (non-hydrogen) atoms. The van der Waals surface area contributed by atoms with Crippen molar-refractivity contribution in [3.05, 3.63) is 58.9 Å². The zero-order valence-corrected chi connectivity index (χ0v) is 13.6. The quantitative estimate of drug-likeness (QED) is 0.914. The van der Waals surface area contributed by atoms with Gasteiger partial charge < -0.3 is 10.1 Å². The second-order valence-electron chi connectivity index (χ2n) is 5.21. The van der Waals surface area contributed by atoms with E-state index in [4.69, 9.17) is 16.3 Å². The van der Waals surface area contributed by atoms with Crippen LogP contribution >= 0.6 is 11.6 Å². The van der Waals surface area contributed by atoms with Crippen LogP contribution in [0, 0.1) is 6.92 Å². The van der Waals surface area contributed by atoms with Gasteiger partial charge in [-0.25, -0.2) is 0 Å². The van der Waals surface area contributed by atoms with E-state index in [2.05, 4.69) is 10.3 Å². The van der Waals surface area contributed by atoms with Crippen molar-refractivity contribution in [2.75, 3.05) is 0 Å². The van der Waals surface area contributed by atoms with Crippen LogP contribution in [-0.2, 0) is 4.79 Å². The molecule has 2 aromatic rings. The Morgan fingerprint density at radius 2 is 2.09 bits per heavy atom. The molecule has 5 heteroatoms. The molecule has 1 heterocycles. The van der Waals surface area contributed by atoms with Crippen LogP contribution in [0.1, 0.15) is 31.0 Å². The number of benzene rings is 1. The van der Waals surface area contributed by atoms with Gasteiger partial charge in [0, 0.05) is 12.4 Å². The maximum absolute atomic E-state index is 12.2. The third-order valence-corrected chi connectivity index (χ3v) is 3.62. The molecule has 1 N–H and O–H groups in total. The largest absolute Gasteiger partial charge is 0.479 e. The number of rotatable bonds is 5. The SMILES string of the molecule is Cc1ccc(Cl)c(O[C@@H](C)C(=O)N[C@H](C)c2cccnc2)c1. The Labute approximate surface area is 135 Å². The number of nitrogens with one attached hydrogen (secondary N) is 1. The minimum Gasteiger partial charge on any atom is -0.479 e. The average molecular weight is 319 g/mol. The molecule has 2 rings (SSSR count). The van der Waals surface area contributed by atoms with E-state index < -0.39 is 6.10 Å². The summed E-state index contributed by atoms with van der Waals surface area (Å²) in [5.74, 6) is 0.312. The highest BCUT2D eigenvalue weighted by molar-refractivity contribution is 6.32. The fourth-order valence-corrected chi connectivity index (χ4v) is 2.15. The van der Waals surface area contributed by atoms with Crippen LogP contribution in [0.2, 0.25) is 5.02 Å². The molecule has 0 unspecified atom stereocenters. The Morgan fingerprint density at radius 3 is 2.77 bits per heavy atom. The van der Waals surface area contributed by atoms with Gasteiger partial charge in [-0.3, -0.25) is 9.78 Å². The lowest BCUT2D eigenvalue weighted by Crippen LogP contribution is -2.37. The summed E-state index contributed by atoms with van der Waals surface area (Å²) in [4.78, 5) is 16.3. The third kappa shape index (κ3) is 4.21. The van der Waals surface area contributed by atoms with Crippen LogP contribution in [0.4, 0.5) is 0 Å². The van der Waals surface area contributed by atoms with Crippen LogP contribution in [0.5, 0.6) is 5.75 Å². The number of carbonyl (C=O) groups excluding carboxylic acids is 1. The van der Waals surface area contributed by atoms with Crippen LogP contribution < -0.4 is 10.1 Å². The number of hydrogen-bond donors (Lipinski definition) is 1. The predicted octanol–water partition coefficient (Wildman–Crippen LogP) is 3.69. The van der Waals surface area contributed by atoms with Crippen molar-refractivity contribution in [1.82, 2.24) is 10.3 Å². The second kappa shape index (κ2) is 7.27. The number of ether oxygens (including phenoxy) is 1. The standard InChI is InChI=1S/C17H19ClN2O2/c1-11-6-7-15(18)16(9-11)22-13(3)17(21)20-12(2)14-5-4-8-19-10-14/h4-10,12-13H,1-3H3,(H,20,21)/t12-,13+/m1/s1. The van der Waals surface area contributed by atoms with E-state index in [9.17, 15) is 4.79 Å². The topological polar surface area (TPSA) is 51.2 Å². The van der Waals surface area contributed by atoms with Crippen molar-refractivity contribution in [2.24, 2.45) is 0 Å². The number of halogens is 1. The Bertz CT molecular complexity index is 646. The van der Waals surface area contributed by atoms with Crippen LogP contribution in [0.15, 0.2) is 42.7 Å². The van der Waals surface area contributed by atoms with Gasteiger partial charge in [-0.05, 0) is 50.1 Å². The third-order valence-electron chi connectivity index (χ3n) is 3.30. The fourth-order valence-electron chi connectivity index (χ4n) is 1.99. The van der Waals surface area contributed by atoms with Gasteiger partial charge in [0.05, 0.1) is 11.1 Å². The van der Waals surface area contributed by atoms with E-state index in [0.717, 1.165) is 11.1 Å². The van der Waals surface area contributed by atoms with Crippen LogP contribution in [0.25, 0.3) is 0 Å². The lowest BCUT2D eigenvalue weighted by Gasteiger charge is -2.19. The normalized spacial score (nSPS) is 13.3. The van der Waals surface area contributed by atoms with Gasteiger partial charge in [0.2, 0.25) is 0 Å². The number of carbonyl (C=O) groups is 1. The van der Waals surface area contributed by atoms with Gasteiger partial charge >= 0.3 is 0 Å². The fraction of sp³-hybridized carbons (Fsp3) is 0.294. The molecule has 116 valence electrons. The molecule has 0 spiro atoms. The van der Waals surface area contributed by atoms with Gasteiger partial charge in [-0.15, -0.1) is 0 Å². The molecule has 1 amide bonds. The number of pyridine rings is 1. The smallest absolute Gasteiger partial charge is 0.261 e. The molecule has 4 nitrogen and oxygen atoms in total. The highest BCUT2D eigenvalue weighted by atomic mass is 35.5. The van der Waals surface area contributed by atoms with Gasteiger partial charge in [-0.2, -0.15) is 0 Å². The summed E-state index contributed by atoms with van der Waals surface area (Å²) < 4.78 is 5.66. The Kier molecular flexibility index (Phi) is 5.39. The molecular weight excluding hydrogens is 300 g/mol. The highest BCUT2D eigenvalue weighted by Gasteiger charge is 2.18. The first-order valence-electron chi connectivity index (χ1n) is 7.10. The number of amides is 1. The Morgan fingerprint density at radius 1 is 1.32 bits per heavy atom. The number of aryl methyl sites for hydroxylation is 1. The highest BCUT2D eigenvalue weighted by Crippen LogP contribution is 2.26. The van der Waals surface area contributed by atoms with Gasteiger partial charge in [-0.1, -0.05) is 23.7 Å². The monoisotopic (exact) mass is 318 g/mol. The molecule has 0 saturated heterocycles. The van der Waals surface area contributed by atoms with E-state index >= 15 is 0 Å². The number of hydrogen-bond acceptors (Lipinski definition) is 3. The van der Waals surface area contributed by atoms with E-state index in [1.165, 1.54) is 0 Å². The molecule has 0 aliphatic heterocycles. The maximum Gasteiger partial charge on any atom is 0.261 e. The number of nitrogens with zero attached hydrogens (tertiary/aromatic N) is 1. The van der Waals surface area contributed by atoms with Crippen LogP contribution in [-0.4, -0.2) is 17.0 Å². The van der Waals surface area contributed by atoms with Crippen LogP contribution in [0.3, 0.4) is 0 Å². The van der Waals surface area contributed by atoms with Crippen molar-refractivity contribution in [1.29, 1.82) is 0 Å². The summed E-state index contributed by atoms with van der Waals surface area (Å²) >= 11 is 6.08. The predicted molar refractivity (Wildman–Crippen MR) is 87.1 cm³/mol. The summed E-state index contributed by atoms with van der Waals surface area (Å²) in [5, 5.41) is 3.39. The summed E-state index contributed by atoms with van der Waals surface area (Å²) in [7, 11) is 0. The summed E-state index contributed by atoms with van der Waals surface area (Å²) in [6.07, 6.45) is 2.79. The van der Waals surface area contributed by atoms with Gasteiger partial charge in [0.25, 0.3) is 5.91 Å². The van der Waals surface area contributed by atoms with E-state index in [0.29, 0.717) is 10.8 Å². The average Bonchev–Trinajstić information content (AvgIpc) is 2.51. The Balaban J connectivity index is 1.99. The zero-order valence-electron chi connectivity index (χ0n) is 12.8. The molecule has 0 radical (unpaired) electrons. The van der Waals surface area contributed by atoms with Gasteiger partial charge in [0.15, 0.2) is 6.10 Å². The molecule has 0 bridgehead atoms.